The molecule has 0 spiro atoms. The monoisotopic (exact) mass is 323 g/mol. The topological polar surface area (TPSA) is 58.3 Å². The van der Waals surface area contributed by atoms with Gasteiger partial charge in [0.15, 0.2) is 0 Å². The Morgan fingerprint density at radius 2 is 1.96 bits per heavy atom. The molecule has 2 N–H and O–H groups in total. The fraction of sp³-hybridized carbons (Fsp3) is 0.474. The standard InChI is InChI=1S/C19H25N5/c1-13-12-23(2)10-11-24(13)18-16-9-5-7-14-6-3-4-8-15(14)17(16)21-19(20)22-18/h3-4,6,8,13H,5,7,9-12H2,1-2H3,(H2,20,21,22). The average Bonchev–Trinajstić information content (AvgIpc) is 2.74. The summed E-state index contributed by atoms with van der Waals surface area (Å²) in [6, 6.07) is 9.01. The molecular formula is C19H25N5. The summed E-state index contributed by atoms with van der Waals surface area (Å²) in [6.07, 6.45) is 3.23. The summed E-state index contributed by atoms with van der Waals surface area (Å²) in [5, 5.41) is 0. The molecular weight excluding hydrogens is 298 g/mol. The maximum atomic E-state index is 6.11. The van der Waals surface area contributed by atoms with E-state index in [0.29, 0.717) is 12.0 Å². The van der Waals surface area contributed by atoms with E-state index in [-0.39, 0.29) is 0 Å². The van der Waals surface area contributed by atoms with Gasteiger partial charge < -0.3 is 15.5 Å². The Bertz CT molecular complexity index is 757. The zero-order chi connectivity index (χ0) is 16.7. The fourth-order valence-corrected chi connectivity index (χ4v) is 4.06. The summed E-state index contributed by atoms with van der Waals surface area (Å²) in [7, 11) is 2.18. The van der Waals surface area contributed by atoms with Crippen molar-refractivity contribution in [3.63, 3.8) is 0 Å². The number of aryl methyl sites for hydroxylation is 1. The summed E-state index contributed by atoms with van der Waals surface area (Å²) < 4.78 is 0. The quantitative estimate of drug-likeness (QED) is 0.873. The highest BCUT2D eigenvalue weighted by Gasteiger charge is 2.28. The number of likely N-dealkylation sites (N-methyl/N-ethyl adjacent to an activating group) is 1. The zero-order valence-corrected chi connectivity index (χ0v) is 14.5. The first-order chi connectivity index (χ1) is 11.6. The predicted octanol–water partition coefficient (Wildman–Crippen LogP) is 2.35. The molecule has 1 atom stereocenters. The van der Waals surface area contributed by atoms with Crippen molar-refractivity contribution in [1.82, 2.24) is 14.9 Å². The van der Waals surface area contributed by atoms with Gasteiger partial charge in [0.1, 0.15) is 5.82 Å². The Morgan fingerprint density at radius 3 is 2.79 bits per heavy atom. The van der Waals surface area contributed by atoms with Crippen molar-refractivity contribution in [2.24, 2.45) is 0 Å². The minimum atomic E-state index is 0.381. The van der Waals surface area contributed by atoms with E-state index in [1.165, 1.54) is 16.7 Å². The van der Waals surface area contributed by atoms with E-state index in [1.807, 2.05) is 0 Å². The molecule has 1 aliphatic carbocycles. The van der Waals surface area contributed by atoms with Crippen molar-refractivity contribution in [2.75, 3.05) is 37.3 Å². The van der Waals surface area contributed by atoms with E-state index in [0.717, 1.165) is 50.4 Å². The van der Waals surface area contributed by atoms with Crippen LogP contribution in [0.3, 0.4) is 0 Å². The summed E-state index contributed by atoms with van der Waals surface area (Å²) in [5.41, 5.74) is 11.0. The number of hydrogen-bond acceptors (Lipinski definition) is 5. The number of benzene rings is 1. The van der Waals surface area contributed by atoms with Crippen LogP contribution in [0.2, 0.25) is 0 Å². The summed E-state index contributed by atoms with van der Waals surface area (Å²) in [4.78, 5) is 14.1. The minimum absolute atomic E-state index is 0.381. The third kappa shape index (κ3) is 2.63. The van der Waals surface area contributed by atoms with Gasteiger partial charge in [0.05, 0.1) is 5.69 Å². The normalized spacial score (nSPS) is 21.1. The van der Waals surface area contributed by atoms with Gasteiger partial charge in [-0.05, 0) is 38.8 Å². The van der Waals surface area contributed by atoms with Crippen LogP contribution in [0.4, 0.5) is 11.8 Å². The molecule has 0 amide bonds. The highest BCUT2D eigenvalue weighted by Crippen LogP contribution is 2.36. The summed E-state index contributed by atoms with van der Waals surface area (Å²) in [5.74, 6) is 1.43. The van der Waals surface area contributed by atoms with Gasteiger partial charge in [-0.1, -0.05) is 24.3 Å². The highest BCUT2D eigenvalue weighted by atomic mass is 15.3. The van der Waals surface area contributed by atoms with E-state index in [2.05, 4.69) is 58.0 Å². The molecule has 0 bridgehead atoms. The third-order valence-electron chi connectivity index (χ3n) is 5.25. The highest BCUT2D eigenvalue weighted by molar-refractivity contribution is 5.74. The molecule has 4 rings (SSSR count). The number of nitrogens with two attached hydrogens (primary N) is 1. The van der Waals surface area contributed by atoms with Crippen LogP contribution in [-0.4, -0.2) is 47.6 Å². The predicted molar refractivity (Wildman–Crippen MR) is 98.2 cm³/mol. The SMILES string of the molecule is CC1CN(C)CCN1c1nc(N)nc2c1CCCc1ccccc1-2. The fourth-order valence-electron chi connectivity index (χ4n) is 4.06. The lowest BCUT2D eigenvalue weighted by atomic mass is 10.0. The number of hydrogen-bond donors (Lipinski definition) is 1. The molecule has 1 unspecified atom stereocenters. The van der Waals surface area contributed by atoms with Crippen LogP contribution >= 0.6 is 0 Å². The van der Waals surface area contributed by atoms with Gasteiger partial charge in [-0.3, -0.25) is 0 Å². The molecule has 0 saturated carbocycles. The van der Waals surface area contributed by atoms with Gasteiger partial charge in [0.2, 0.25) is 5.95 Å². The molecule has 24 heavy (non-hydrogen) atoms. The lowest BCUT2D eigenvalue weighted by Gasteiger charge is -2.40. The molecule has 5 nitrogen and oxygen atoms in total. The maximum absolute atomic E-state index is 6.11. The molecule has 0 radical (unpaired) electrons. The van der Waals surface area contributed by atoms with Crippen molar-refractivity contribution in [1.29, 1.82) is 0 Å². The van der Waals surface area contributed by atoms with Crippen LogP contribution in [0, 0.1) is 0 Å². The molecule has 126 valence electrons. The van der Waals surface area contributed by atoms with Gasteiger partial charge in [-0.25, -0.2) is 4.98 Å². The number of piperazine rings is 1. The molecule has 1 saturated heterocycles. The van der Waals surface area contributed by atoms with Crippen LogP contribution in [0.15, 0.2) is 24.3 Å². The third-order valence-corrected chi connectivity index (χ3v) is 5.25. The van der Waals surface area contributed by atoms with Crippen molar-refractivity contribution in [3.8, 4) is 11.3 Å². The van der Waals surface area contributed by atoms with Crippen molar-refractivity contribution in [2.45, 2.75) is 32.2 Å². The first-order valence-electron chi connectivity index (χ1n) is 8.83. The van der Waals surface area contributed by atoms with Crippen molar-refractivity contribution in [3.05, 3.63) is 35.4 Å². The van der Waals surface area contributed by atoms with Crippen molar-refractivity contribution >= 4 is 11.8 Å². The van der Waals surface area contributed by atoms with Crippen LogP contribution in [0.1, 0.15) is 24.5 Å². The first-order valence-corrected chi connectivity index (χ1v) is 8.83. The minimum Gasteiger partial charge on any atom is -0.368 e. The lowest BCUT2D eigenvalue weighted by Crippen LogP contribution is -2.51. The molecule has 1 aliphatic heterocycles. The van der Waals surface area contributed by atoms with Crippen LogP contribution in [0.5, 0.6) is 0 Å². The van der Waals surface area contributed by atoms with Crippen LogP contribution in [-0.2, 0) is 12.8 Å². The number of rotatable bonds is 1. The largest absolute Gasteiger partial charge is 0.368 e. The second-order valence-corrected chi connectivity index (χ2v) is 7.05. The maximum Gasteiger partial charge on any atom is 0.222 e. The van der Waals surface area contributed by atoms with Gasteiger partial charge >= 0.3 is 0 Å². The smallest absolute Gasteiger partial charge is 0.222 e. The molecule has 5 heteroatoms. The van der Waals surface area contributed by atoms with E-state index >= 15 is 0 Å². The Hall–Kier alpha value is -2.14. The Kier molecular flexibility index (Phi) is 3.88. The second kappa shape index (κ2) is 6.06. The molecule has 2 aliphatic rings. The van der Waals surface area contributed by atoms with Crippen molar-refractivity contribution < 1.29 is 0 Å². The van der Waals surface area contributed by atoms with Crippen LogP contribution in [0.25, 0.3) is 11.3 Å². The number of nitrogen functional groups attached to an aromatic ring is 1. The number of anilines is 2. The van der Waals surface area contributed by atoms with Gasteiger partial charge in [0, 0.05) is 36.8 Å². The van der Waals surface area contributed by atoms with Gasteiger partial charge in [0.25, 0.3) is 0 Å². The summed E-state index contributed by atoms with van der Waals surface area (Å²) in [6.45, 7) is 5.36. The zero-order valence-electron chi connectivity index (χ0n) is 14.5. The van der Waals surface area contributed by atoms with E-state index in [9.17, 15) is 0 Å². The van der Waals surface area contributed by atoms with E-state index in [1.54, 1.807) is 0 Å². The number of nitrogens with zero attached hydrogens (tertiary/aromatic N) is 4. The molecule has 2 heterocycles. The number of fused-ring (bicyclic) bond motifs is 3. The molecule has 2 aromatic rings. The molecule has 1 aromatic carbocycles. The molecule has 1 fully saturated rings. The van der Waals surface area contributed by atoms with Crippen LogP contribution < -0.4 is 10.6 Å². The second-order valence-electron chi connectivity index (χ2n) is 7.05. The Morgan fingerprint density at radius 1 is 1.12 bits per heavy atom. The van der Waals surface area contributed by atoms with Gasteiger partial charge in [-0.15, -0.1) is 0 Å². The molecule has 1 aromatic heterocycles. The Balaban J connectivity index is 1.85. The number of aromatic nitrogens is 2. The van der Waals surface area contributed by atoms with E-state index < -0.39 is 0 Å². The first kappa shape index (κ1) is 15.4. The lowest BCUT2D eigenvalue weighted by molar-refractivity contribution is 0.274. The van der Waals surface area contributed by atoms with E-state index in [4.69, 9.17) is 5.73 Å². The van der Waals surface area contributed by atoms with Gasteiger partial charge in [-0.2, -0.15) is 4.98 Å². The average molecular weight is 323 g/mol. The Labute approximate surface area is 143 Å². The summed E-state index contributed by atoms with van der Waals surface area (Å²) >= 11 is 0.